The molecule has 150 valence electrons. The lowest BCUT2D eigenvalue weighted by Gasteiger charge is -2.67. The Balaban J connectivity index is 1.77. The van der Waals surface area contributed by atoms with E-state index >= 15 is 0 Å². The summed E-state index contributed by atoms with van der Waals surface area (Å²) in [5, 5.41) is 0. The molecular formula is C25H23N3O2. The summed E-state index contributed by atoms with van der Waals surface area (Å²) < 4.78 is 4.62. The molecule has 3 aromatic rings. The molecule has 7 rings (SSSR count). The van der Waals surface area contributed by atoms with Crippen LogP contribution in [-0.2, 0) is 18.0 Å². The van der Waals surface area contributed by atoms with Crippen LogP contribution in [0.3, 0.4) is 0 Å². The third kappa shape index (κ3) is 1.64. The number of hydrogen-bond acceptors (Lipinski definition) is 2. The van der Waals surface area contributed by atoms with E-state index in [1.807, 2.05) is 12.1 Å². The third-order valence-corrected chi connectivity index (χ3v) is 7.66. The van der Waals surface area contributed by atoms with Gasteiger partial charge in [0.1, 0.15) is 0 Å². The highest BCUT2D eigenvalue weighted by Gasteiger charge is 2.70. The van der Waals surface area contributed by atoms with E-state index in [0.29, 0.717) is 0 Å². The summed E-state index contributed by atoms with van der Waals surface area (Å²) in [5.41, 5.74) is 3.30. The largest absolute Gasteiger partial charge is 0.347 e. The second-order valence-corrected chi connectivity index (χ2v) is 8.85. The van der Waals surface area contributed by atoms with Crippen molar-refractivity contribution in [2.45, 2.75) is 30.8 Å². The molecule has 3 heterocycles. The summed E-state index contributed by atoms with van der Waals surface area (Å²) in [6, 6.07) is 20.7. The fraction of sp³-hybridized carbons (Fsp3) is 0.280. The van der Waals surface area contributed by atoms with E-state index in [2.05, 4.69) is 74.5 Å². The molecule has 0 radical (unpaired) electrons. The average molecular weight is 397 g/mol. The molecule has 0 spiro atoms. The van der Waals surface area contributed by atoms with Crippen LogP contribution in [0, 0.1) is 5.92 Å². The summed E-state index contributed by atoms with van der Waals surface area (Å²) in [5.74, 6) is 0.115. The van der Waals surface area contributed by atoms with Crippen LogP contribution < -0.4 is 11.4 Å². The lowest BCUT2D eigenvalue weighted by molar-refractivity contribution is 0.0344. The standard InChI is InChI=1S/C25H23N3O2/c1-16-20(17-10-6-4-7-11-17)25(18-12-8-5-9-13-18)21(16)19-14-15-24(25,2)28-23(30)26(3)22(29)27(19)28/h4-15,19,21H,1-3H3/t19-,21+,24-,25+/m0/s1. The van der Waals surface area contributed by atoms with Crippen molar-refractivity contribution in [1.82, 2.24) is 13.9 Å². The van der Waals surface area contributed by atoms with Gasteiger partial charge in [0.15, 0.2) is 0 Å². The monoisotopic (exact) mass is 397 g/mol. The fourth-order valence-corrected chi connectivity index (χ4v) is 6.55. The highest BCUT2D eigenvalue weighted by molar-refractivity contribution is 5.88. The van der Waals surface area contributed by atoms with E-state index in [-0.39, 0.29) is 23.3 Å². The van der Waals surface area contributed by atoms with Crippen molar-refractivity contribution in [2.75, 3.05) is 0 Å². The summed E-state index contributed by atoms with van der Waals surface area (Å²) in [7, 11) is 1.57. The summed E-state index contributed by atoms with van der Waals surface area (Å²) >= 11 is 0. The number of nitrogens with zero attached hydrogens (tertiary/aromatic N) is 3. The maximum Gasteiger partial charge on any atom is 0.347 e. The molecule has 0 saturated heterocycles. The van der Waals surface area contributed by atoms with Crippen molar-refractivity contribution < 1.29 is 0 Å². The highest BCUT2D eigenvalue weighted by atomic mass is 16.2. The van der Waals surface area contributed by atoms with Gasteiger partial charge in [-0.1, -0.05) is 78.4 Å². The number of allylic oxidation sites excluding steroid dienone is 4. The molecule has 1 aromatic heterocycles. The van der Waals surface area contributed by atoms with Crippen LogP contribution in [0.15, 0.2) is 88.0 Å². The van der Waals surface area contributed by atoms with Crippen molar-refractivity contribution in [1.29, 1.82) is 0 Å². The molecule has 5 nitrogen and oxygen atoms in total. The van der Waals surface area contributed by atoms with Gasteiger partial charge in [0, 0.05) is 13.0 Å². The van der Waals surface area contributed by atoms with E-state index in [0.717, 1.165) is 0 Å². The van der Waals surface area contributed by atoms with E-state index < -0.39 is 11.0 Å². The Morgan fingerprint density at radius 2 is 1.53 bits per heavy atom. The Morgan fingerprint density at radius 1 is 0.900 bits per heavy atom. The van der Waals surface area contributed by atoms with Gasteiger partial charge in [0.05, 0.1) is 17.0 Å². The van der Waals surface area contributed by atoms with Crippen molar-refractivity contribution in [2.24, 2.45) is 13.0 Å². The van der Waals surface area contributed by atoms with Crippen LogP contribution in [0.2, 0.25) is 0 Å². The van der Waals surface area contributed by atoms with Crippen molar-refractivity contribution >= 4 is 5.57 Å². The predicted octanol–water partition coefficient (Wildman–Crippen LogP) is 3.23. The Bertz CT molecular complexity index is 1370. The van der Waals surface area contributed by atoms with E-state index in [1.165, 1.54) is 26.8 Å². The van der Waals surface area contributed by atoms with E-state index in [9.17, 15) is 9.59 Å². The first-order valence-electron chi connectivity index (χ1n) is 10.4. The molecule has 0 N–H and O–H groups in total. The van der Waals surface area contributed by atoms with Gasteiger partial charge < -0.3 is 0 Å². The van der Waals surface area contributed by atoms with Crippen LogP contribution in [0.4, 0.5) is 0 Å². The fourth-order valence-electron chi connectivity index (χ4n) is 6.55. The molecule has 0 saturated carbocycles. The lowest BCUT2D eigenvalue weighted by Crippen LogP contribution is -2.71. The van der Waals surface area contributed by atoms with Crippen LogP contribution in [0.25, 0.3) is 5.57 Å². The maximum atomic E-state index is 13.3. The predicted molar refractivity (Wildman–Crippen MR) is 116 cm³/mol. The zero-order chi connectivity index (χ0) is 20.8. The highest BCUT2D eigenvalue weighted by Crippen LogP contribution is 2.71. The average Bonchev–Trinajstić information content (AvgIpc) is 3.00. The smallest absolute Gasteiger partial charge is 0.246 e. The van der Waals surface area contributed by atoms with Crippen LogP contribution in [0.5, 0.6) is 0 Å². The van der Waals surface area contributed by atoms with Crippen LogP contribution in [0.1, 0.15) is 31.0 Å². The Kier molecular flexibility index (Phi) is 3.16. The zero-order valence-electron chi connectivity index (χ0n) is 17.2. The van der Waals surface area contributed by atoms with Crippen molar-refractivity contribution in [3.05, 3.63) is 110 Å². The third-order valence-electron chi connectivity index (χ3n) is 7.66. The molecule has 2 bridgehead atoms. The Labute approximate surface area is 174 Å². The Hall–Kier alpha value is -3.34. The van der Waals surface area contributed by atoms with Gasteiger partial charge in [0.2, 0.25) is 0 Å². The minimum absolute atomic E-state index is 0.115. The zero-order valence-corrected chi connectivity index (χ0v) is 17.2. The van der Waals surface area contributed by atoms with Gasteiger partial charge in [-0.15, -0.1) is 0 Å². The van der Waals surface area contributed by atoms with E-state index in [1.54, 1.807) is 16.4 Å². The molecule has 30 heavy (non-hydrogen) atoms. The molecule has 2 aliphatic carbocycles. The number of benzene rings is 2. The first kappa shape index (κ1) is 17.5. The van der Waals surface area contributed by atoms with Gasteiger partial charge in [-0.25, -0.2) is 23.5 Å². The second-order valence-electron chi connectivity index (χ2n) is 8.85. The van der Waals surface area contributed by atoms with Gasteiger partial charge >= 0.3 is 11.4 Å². The van der Waals surface area contributed by atoms with Crippen LogP contribution in [-0.4, -0.2) is 13.9 Å². The molecule has 5 heteroatoms. The lowest BCUT2D eigenvalue weighted by atomic mass is 9.41. The molecule has 4 atom stereocenters. The number of hydrogen-bond donors (Lipinski definition) is 0. The number of rotatable bonds is 2. The summed E-state index contributed by atoms with van der Waals surface area (Å²) in [6.07, 6.45) is 4.27. The van der Waals surface area contributed by atoms with Gasteiger partial charge in [-0.3, -0.25) is 0 Å². The number of aromatic nitrogens is 3. The normalized spacial score (nSPS) is 30.8. The van der Waals surface area contributed by atoms with Gasteiger partial charge in [-0.05, 0) is 30.5 Å². The van der Waals surface area contributed by atoms with Crippen molar-refractivity contribution in [3.63, 3.8) is 0 Å². The minimum atomic E-state index is -0.698. The minimum Gasteiger partial charge on any atom is -0.246 e. The first-order valence-corrected chi connectivity index (χ1v) is 10.4. The van der Waals surface area contributed by atoms with Gasteiger partial charge in [0.25, 0.3) is 0 Å². The SMILES string of the molecule is CC1=C(c2ccccc2)[C@]2(c3ccccc3)[C@H]1[C@@H]1C=C[C@]2(C)n2c(=O)n(C)c(=O)n21. The summed E-state index contributed by atoms with van der Waals surface area (Å²) in [6.45, 7) is 4.29. The van der Waals surface area contributed by atoms with Crippen LogP contribution >= 0.6 is 0 Å². The molecule has 2 aromatic carbocycles. The quantitative estimate of drug-likeness (QED) is 0.624. The molecule has 0 fully saturated rings. The van der Waals surface area contributed by atoms with E-state index in [4.69, 9.17) is 0 Å². The summed E-state index contributed by atoms with van der Waals surface area (Å²) in [4.78, 5) is 26.3. The molecule has 0 unspecified atom stereocenters. The topological polar surface area (TPSA) is 48.9 Å². The molecule has 4 aliphatic rings. The van der Waals surface area contributed by atoms with Crippen molar-refractivity contribution in [3.8, 4) is 0 Å². The molecule has 0 amide bonds. The second kappa shape index (κ2) is 5.42. The maximum absolute atomic E-state index is 13.3. The first-order chi connectivity index (χ1) is 14.4. The molecular weight excluding hydrogens is 374 g/mol. The van der Waals surface area contributed by atoms with Gasteiger partial charge in [-0.2, -0.15) is 0 Å². The molecule has 2 aliphatic heterocycles. The Morgan fingerprint density at radius 3 is 2.20 bits per heavy atom.